The van der Waals surface area contributed by atoms with Gasteiger partial charge >= 0.3 is 0 Å². The largest absolute Gasteiger partial charge is 0.496 e. The molecule has 2 aliphatic rings. The summed E-state index contributed by atoms with van der Waals surface area (Å²) in [6.07, 6.45) is 6.45. The number of methoxy groups -OCH3 is 1. The van der Waals surface area contributed by atoms with E-state index in [1.165, 1.54) is 29.5 Å². The number of para-hydroxylation sites is 1. The second kappa shape index (κ2) is 7.25. The first-order chi connectivity index (χ1) is 14.5. The number of sulfone groups is 1. The molecule has 0 radical (unpaired) electrons. The zero-order chi connectivity index (χ0) is 20.9. The number of ether oxygens (including phenoxy) is 1. The highest BCUT2D eigenvalue weighted by atomic mass is 32.2. The Bertz CT molecular complexity index is 1180. The average molecular weight is 424 g/mol. The van der Waals surface area contributed by atoms with Crippen molar-refractivity contribution in [2.45, 2.75) is 42.8 Å². The number of fused-ring (bicyclic) bond motifs is 4. The minimum Gasteiger partial charge on any atom is -0.496 e. The lowest BCUT2D eigenvalue weighted by molar-refractivity contribution is 0.165. The van der Waals surface area contributed by atoms with E-state index in [-0.39, 0.29) is 0 Å². The van der Waals surface area contributed by atoms with Gasteiger partial charge in [-0.15, -0.1) is 0 Å². The Labute approximate surface area is 177 Å². The molecule has 30 heavy (non-hydrogen) atoms. The molecule has 0 amide bonds. The lowest BCUT2D eigenvalue weighted by Crippen LogP contribution is -2.37. The molecule has 1 fully saturated rings. The average Bonchev–Trinajstić information content (AvgIpc) is 3.28. The van der Waals surface area contributed by atoms with Gasteiger partial charge in [-0.25, -0.2) is 13.1 Å². The van der Waals surface area contributed by atoms with Crippen molar-refractivity contribution in [1.29, 1.82) is 0 Å². The lowest BCUT2D eigenvalue weighted by atomic mass is 9.99. The first kappa shape index (κ1) is 19.3. The summed E-state index contributed by atoms with van der Waals surface area (Å²) in [5, 5.41) is 4.67. The molecule has 2 atom stereocenters. The van der Waals surface area contributed by atoms with Crippen molar-refractivity contribution >= 4 is 9.84 Å². The molecule has 5 rings (SSSR count). The Morgan fingerprint density at radius 1 is 1.10 bits per heavy atom. The lowest BCUT2D eigenvalue weighted by Gasteiger charge is -2.35. The van der Waals surface area contributed by atoms with Crippen LogP contribution in [0.15, 0.2) is 59.6 Å². The Morgan fingerprint density at radius 3 is 2.60 bits per heavy atom. The Balaban J connectivity index is 1.45. The van der Waals surface area contributed by atoms with E-state index in [0.717, 1.165) is 30.8 Å². The molecule has 2 aliphatic heterocycles. The molecule has 0 N–H and O–H groups in total. The number of hydrogen-bond donors (Lipinski definition) is 0. The summed E-state index contributed by atoms with van der Waals surface area (Å²) in [4.78, 5) is 2.91. The maximum absolute atomic E-state index is 11.8. The van der Waals surface area contributed by atoms with Crippen molar-refractivity contribution in [1.82, 2.24) is 14.7 Å². The van der Waals surface area contributed by atoms with Gasteiger partial charge in [0.05, 0.1) is 29.6 Å². The summed E-state index contributed by atoms with van der Waals surface area (Å²) in [7, 11) is -1.48. The predicted octanol–water partition coefficient (Wildman–Crippen LogP) is 3.55. The maximum atomic E-state index is 11.8. The molecule has 7 heteroatoms. The molecule has 0 aliphatic carbocycles. The van der Waals surface area contributed by atoms with E-state index in [1.54, 1.807) is 19.2 Å². The van der Waals surface area contributed by atoms with Gasteiger partial charge in [0.15, 0.2) is 9.84 Å². The molecule has 3 aromatic rings. The van der Waals surface area contributed by atoms with Gasteiger partial charge in [-0.3, -0.25) is 4.90 Å². The van der Waals surface area contributed by atoms with Crippen molar-refractivity contribution < 1.29 is 13.2 Å². The van der Waals surface area contributed by atoms with E-state index in [1.807, 2.05) is 35.1 Å². The van der Waals surface area contributed by atoms with E-state index in [9.17, 15) is 8.42 Å². The summed E-state index contributed by atoms with van der Waals surface area (Å²) >= 11 is 0. The standard InChI is InChI=1S/C23H25N3O3S/c1-29-23-6-4-3-5-16(23)15-25-18-9-12-21(25)20-14-24-26(22(20)13-18)17-7-10-19(11-8-17)30(2,27)28/h3-8,10-11,14,18,21H,9,12-13,15H2,1-2H3. The predicted molar refractivity (Wildman–Crippen MR) is 115 cm³/mol. The van der Waals surface area contributed by atoms with Gasteiger partial charge in [-0.05, 0) is 43.2 Å². The number of aromatic nitrogens is 2. The van der Waals surface area contributed by atoms with Gasteiger partial charge < -0.3 is 4.74 Å². The molecule has 2 unspecified atom stereocenters. The second-order valence-corrected chi connectivity index (χ2v) is 10.2. The Kier molecular flexibility index (Phi) is 4.67. The number of nitrogens with zero attached hydrogens (tertiary/aromatic N) is 3. The van der Waals surface area contributed by atoms with Crippen LogP contribution in [0.4, 0.5) is 0 Å². The fourth-order valence-corrected chi connectivity index (χ4v) is 5.54. The van der Waals surface area contributed by atoms with Crippen molar-refractivity contribution in [3.8, 4) is 11.4 Å². The molecule has 2 bridgehead atoms. The minimum atomic E-state index is -3.20. The van der Waals surface area contributed by atoms with Crippen LogP contribution in [-0.2, 0) is 22.8 Å². The van der Waals surface area contributed by atoms with Gasteiger partial charge in [0.2, 0.25) is 0 Å². The van der Waals surface area contributed by atoms with Gasteiger partial charge in [-0.1, -0.05) is 18.2 Å². The van der Waals surface area contributed by atoms with Crippen LogP contribution in [0, 0.1) is 0 Å². The van der Waals surface area contributed by atoms with Crippen LogP contribution in [0.5, 0.6) is 5.75 Å². The highest BCUT2D eigenvalue weighted by Gasteiger charge is 2.42. The first-order valence-corrected chi connectivity index (χ1v) is 12.1. The quantitative estimate of drug-likeness (QED) is 0.628. The van der Waals surface area contributed by atoms with Gasteiger partial charge in [0.1, 0.15) is 5.75 Å². The zero-order valence-electron chi connectivity index (χ0n) is 17.2. The van der Waals surface area contributed by atoms with Crippen LogP contribution in [0.2, 0.25) is 0 Å². The van der Waals surface area contributed by atoms with E-state index in [4.69, 9.17) is 4.74 Å². The van der Waals surface area contributed by atoms with Crippen molar-refractivity contribution in [3.05, 3.63) is 71.5 Å². The third-order valence-electron chi connectivity index (χ3n) is 6.39. The molecule has 2 aromatic carbocycles. The first-order valence-electron chi connectivity index (χ1n) is 10.2. The molecule has 0 saturated carbocycles. The molecule has 156 valence electrons. The molecule has 3 heterocycles. The summed E-state index contributed by atoms with van der Waals surface area (Å²) in [6, 6.07) is 16.0. The Morgan fingerprint density at radius 2 is 1.87 bits per heavy atom. The van der Waals surface area contributed by atoms with E-state index < -0.39 is 9.84 Å². The summed E-state index contributed by atoms with van der Waals surface area (Å²) in [6.45, 7) is 0.868. The van der Waals surface area contributed by atoms with Crippen LogP contribution < -0.4 is 4.74 Å². The molecule has 1 saturated heterocycles. The van der Waals surface area contributed by atoms with Gasteiger partial charge in [-0.2, -0.15) is 5.10 Å². The minimum absolute atomic E-state index is 0.329. The fraction of sp³-hybridized carbons (Fsp3) is 0.348. The van der Waals surface area contributed by atoms with Gasteiger partial charge in [0, 0.05) is 42.4 Å². The third-order valence-corrected chi connectivity index (χ3v) is 7.52. The number of rotatable bonds is 5. The molecular formula is C23H25N3O3S. The highest BCUT2D eigenvalue weighted by Crippen LogP contribution is 2.45. The highest BCUT2D eigenvalue weighted by molar-refractivity contribution is 7.90. The molecule has 6 nitrogen and oxygen atoms in total. The van der Waals surface area contributed by atoms with E-state index in [0.29, 0.717) is 17.0 Å². The van der Waals surface area contributed by atoms with Crippen LogP contribution in [-0.4, -0.2) is 42.5 Å². The van der Waals surface area contributed by atoms with Crippen molar-refractivity contribution in [3.63, 3.8) is 0 Å². The SMILES string of the molecule is COc1ccccc1CN1C2CCC1c1cnn(-c3ccc(S(C)(=O)=O)cc3)c1C2. The van der Waals surface area contributed by atoms with Gasteiger partial charge in [0.25, 0.3) is 0 Å². The van der Waals surface area contributed by atoms with E-state index >= 15 is 0 Å². The normalized spacial score (nSPS) is 20.9. The number of benzene rings is 2. The fourth-order valence-electron chi connectivity index (χ4n) is 4.91. The number of hydrogen-bond acceptors (Lipinski definition) is 5. The summed E-state index contributed by atoms with van der Waals surface area (Å²) in [5.74, 6) is 0.935. The molecular weight excluding hydrogens is 398 g/mol. The second-order valence-electron chi connectivity index (χ2n) is 8.16. The zero-order valence-corrected chi connectivity index (χ0v) is 18.0. The smallest absolute Gasteiger partial charge is 0.175 e. The maximum Gasteiger partial charge on any atom is 0.175 e. The molecule has 0 spiro atoms. The Hall–Kier alpha value is -2.64. The van der Waals surface area contributed by atoms with Crippen molar-refractivity contribution in [2.24, 2.45) is 0 Å². The molecule has 1 aromatic heterocycles. The third kappa shape index (κ3) is 3.22. The van der Waals surface area contributed by atoms with Crippen LogP contribution >= 0.6 is 0 Å². The summed E-state index contributed by atoms with van der Waals surface area (Å²) < 4.78 is 31.0. The van der Waals surface area contributed by atoms with E-state index in [2.05, 4.69) is 22.1 Å². The van der Waals surface area contributed by atoms with Crippen molar-refractivity contribution in [2.75, 3.05) is 13.4 Å². The summed E-state index contributed by atoms with van der Waals surface area (Å²) in [5.41, 5.74) is 4.64. The van der Waals surface area contributed by atoms with Crippen LogP contribution in [0.1, 0.15) is 35.7 Å². The topological polar surface area (TPSA) is 64.4 Å². The monoisotopic (exact) mass is 423 g/mol. The van der Waals surface area contributed by atoms with Crippen LogP contribution in [0.3, 0.4) is 0 Å². The van der Waals surface area contributed by atoms with Crippen LogP contribution in [0.25, 0.3) is 5.69 Å².